The van der Waals surface area contributed by atoms with E-state index in [1.54, 1.807) is 43.0 Å². The molecule has 0 unspecified atom stereocenters. The van der Waals surface area contributed by atoms with Gasteiger partial charge in [-0.1, -0.05) is 65.4 Å². The monoisotopic (exact) mass is 656 g/mol. The lowest BCUT2D eigenvalue weighted by Gasteiger charge is -2.26. The molecular weight excluding hydrogens is 632 g/mol. The molecule has 0 fully saturated rings. The first-order valence-electron chi connectivity index (χ1n) is 13.8. The average molecular weight is 657 g/mol. The zero-order valence-corrected chi connectivity index (χ0v) is 26.4. The van der Waals surface area contributed by atoms with Crippen LogP contribution in [0.2, 0.25) is 5.02 Å². The Kier molecular flexibility index (Phi) is 8.62. The number of hydrogen-bond donors (Lipinski definition) is 1. The lowest BCUT2D eigenvalue weighted by atomic mass is 9.93. The summed E-state index contributed by atoms with van der Waals surface area (Å²) in [6.45, 7) is 1.90. The van der Waals surface area contributed by atoms with E-state index in [2.05, 4.69) is 0 Å². The van der Waals surface area contributed by atoms with Crippen molar-refractivity contribution in [2.24, 2.45) is 4.99 Å². The number of rotatable bonds is 8. The Morgan fingerprint density at radius 2 is 1.82 bits per heavy atom. The predicted octanol–water partition coefficient (Wildman–Crippen LogP) is 6.27. The van der Waals surface area contributed by atoms with Gasteiger partial charge in [-0.2, -0.15) is 0 Å². The van der Waals surface area contributed by atoms with E-state index in [9.17, 15) is 19.5 Å². The van der Waals surface area contributed by atoms with Gasteiger partial charge in [0.15, 0.2) is 4.80 Å². The third-order valence-corrected chi connectivity index (χ3v) is 9.24. The fraction of sp³-hybridized carbons (Fsp3) is 0.118. The number of benzene rings is 3. The molecule has 6 rings (SSSR count). The van der Waals surface area contributed by atoms with Crippen LogP contribution < -0.4 is 14.9 Å². The van der Waals surface area contributed by atoms with Crippen molar-refractivity contribution in [3.8, 4) is 11.3 Å². The van der Waals surface area contributed by atoms with Crippen LogP contribution in [0.4, 0.5) is 0 Å². The SMILES string of the molecule is CCOC(=O)C1=C(c2ccccc2)N=c2s/c(=C\c3ccc(-c4ccc(Cl)c(C(=O)O)c4)o3)c(=O)n2[C@H]1c1ccc(SC)cc1. The number of thioether (sulfide) groups is 1. The lowest BCUT2D eigenvalue weighted by molar-refractivity contribution is -0.138. The van der Waals surface area contributed by atoms with Crippen LogP contribution in [0.15, 0.2) is 110 Å². The number of aromatic nitrogens is 1. The van der Waals surface area contributed by atoms with Crippen molar-refractivity contribution in [2.45, 2.75) is 17.9 Å². The third kappa shape index (κ3) is 5.92. The number of carbonyl (C=O) groups excluding carboxylic acids is 1. The molecule has 3 heterocycles. The summed E-state index contributed by atoms with van der Waals surface area (Å²) in [5.74, 6) is -0.899. The normalized spacial score (nSPS) is 14.6. The summed E-state index contributed by atoms with van der Waals surface area (Å²) >= 11 is 8.81. The molecule has 226 valence electrons. The Morgan fingerprint density at radius 1 is 1.07 bits per heavy atom. The van der Waals surface area contributed by atoms with Crippen LogP contribution in [0, 0.1) is 0 Å². The molecular formula is C34H25ClN2O6S2. The maximum Gasteiger partial charge on any atom is 0.338 e. The molecule has 0 spiro atoms. The molecule has 1 aliphatic rings. The summed E-state index contributed by atoms with van der Waals surface area (Å²) in [5.41, 5.74) is 2.32. The summed E-state index contributed by atoms with van der Waals surface area (Å²) in [4.78, 5) is 45.6. The first-order chi connectivity index (χ1) is 21.8. The van der Waals surface area contributed by atoms with Crippen LogP contribution in [0.3, 0.4) is 0 Å². The Labute approximate surface area is 270 Å². The molecule has 0 aliphatic carbocycles. The highest BCUT2D eigenvalue weighted by Gasteiger charge is 2.35. The van der Waals surface area contributed by atoms with Crippen molar-refractivity contribution in [3.63, 3.8) is 0 Å². The second-order valence-electron chi connectivity index (χ2n) is 9.91. The Balaban J connectivity index is 1.53. The minimum absolute atomic E-state index is 0.0439. The topological polar surface area (TPSA) is 111 Å². The van der Waals surface area contributed by atoms with Crippen LogP contribution in [0.1, 0.15) is 40.2 Å². The number of fused-ring (bicyclic) bond motifs is 1. The molecule has 1 N–H and O–H groups in total. The molecule has 2 aromatic heterocycles. The first-order valence-corrected chi connectivity index (χ1v) is 16.3. The van der Waals surface area contributed by atoms with Gasteiger partial charge < -0.3 is 14.3 Å². The largest absolute Gasteiger partial charge is 0.478 e. The molecule has 3 aromatic carbocycles. The van der Waals surface area contributed by atoms with Crippen LogP contribution in [0.5, 0.6) is 0 Å². The van der Waals surface area contributed by atoms with Crippen molar-refractivity contribution >= 4 is 58.4 Å². The van der Waals surface area contributed by atoms with Crippen LogP contribution >= 0.6 is 34.7 Å². The molecule has 0 saturated carbocycles. The number of thiazole rings is 1. The highest BCUT2D eigenvalue weighted by Crippen LogP contribution is 2.36. The molecule has 8 nitrogen and oxygen atoms in total. The summed E-state index contributed by atoms with van der Waals surface area (Å²) in [6, 6.07) is 24.3. The highest BCUT2D eigenvalue weighted by atomic mass is 35.5. The molecule has 0 bridgehead atoms. The maximum absolute atomic E-state index is 14.1. The molecule has 0 radical (unpaired) electrons. The van der Waals surface area contributed by atoms with Crippen molar-refractivity contribution in [2.75, 3.05) is 12.9 Å². The van der Waals surface area contributed by atoms with Crippen molar-refractivity contribution in [1.29, 1.82) is 0 Å². The minimum Gasteiger partial charge on any atom is -0.478 e. The number of esters is 1. The summed E-state index contributed by atoms with van der Waals surface area (Å²) in [5, 5.41) is 9.57. The van der Waals surface area contributed by atoms with Gasteiger partial charge in [0.2, 0.25) is 0 Å². The fourth-order valence-electron chi connectivity index (χ4n) is 5.10. The Morgan fingerprint density at radius 3 is 2.51 bits per heavy atom. The number of nitrogens with zero attached hydrogens (tertiary/aromatic N) is 2. The maximum atomic E-state index is 14.1. The van der Waals surface area contributed by atoms with Gasteiger partial charge in [-0.05, 0) is 61.2 Å². The summed E-state index contributed by atoms with van der Waals surface area (Å²) in [6.07, 6.45) is 3.60. The molecule has 1 aliphatic heterocycles. The van der Waals surface area contributed by atoms with E-state index in [0.29, 0.717) is 32.1 Å². The van der Waals surface area contributed by atoms with Crippen LogP contribution in [-0.2, 0) is 9.53 Å². The lowest BCUT2D eigenvalue weighted by Crippen LogP contribution is -2.40. The highest BCUT2D eigenvalue weighted by molar-refractivity contribution is 7.98. The van der Waals surface area contributed by atoms with E-state index >= 15 is 0 Å². The second-order valence-corrected chi connectivity index (χ2v) is 12.2. The van der Waals surface area contributed by atoms with E-state index in [1.807, 2.05) is 60.9 Å². The van der Waals surface area contributed by atoms with Gasteiger partial charge in [-0.3, -0.25) is 9.36 Å². The molecule has 1 atom stereocenters. The van der Waals surface area contributed by atoms with Gasteiger partial charge >= 0.3 is 11.9 Å². The number of ether oxygens (including phenoxy) is 1. The second kappa shape index (κ2) is 12.8. The predicted molar refractivity (Wildman–Crippen MR) is 175 cm³/mol. The third-order valence-electron chi connectivity index (χ3n) is 7.19. The minimum atomic E-state index is -1.15. The number of carboxylic acids is 1. The molecule has 0 amide bonds. The van der Waals surface area contributed by atoms with Gasteiger partial charge in [0, 0.05) is 22.1 Å². The van der Waals surface area contributed by atoms with Crippen molar-refractivity contribution in [3.05, 3.63) is 138 Å². The zero-order chi connectivity index (χ0) is 31.7. The van der Waals surface area contributed by atoms with Gasteiger partial charge in [-0.25, -0.2) is 14.6 Å². The smallest absolute Gasteiger partial charge is 0.338 e. The zero-order valence-electron chi connectivity index (χ0n) is 24.0. The molecule has 45 heavy (non-hydrogen) atoms. The van der Waals surface area contributed by atoms with Crippen molar-refractivity contribution < 1.29 is 23.8 Å². The average Bonchev–Trinajstić information content (AvgIpc) is 3.65. The number of hydrogen-bond acceptors (Lipinski definition) is 8. The number of carboxylic acid groups (broad SMARTS) is 1. The molecule has 0 saturated heterocycles. The summed E-state index contributed by atoms with van der Waals surface area (Å²) < 4.78 is 13.4. The van der Waals surface area contributed by atoms with Crippen LogP contribution in [-0.4, -0.2) is 34.5 Å². The number of carbonyl (C=O) groups is 2. The Bertz CT molecular complexity index is 2150. The number of aromatic carboxylic acids is 1. The van der Waals surface area contributed by atoms with Crippen molar-refractivity contribution in [1.82, 2.24) is 4.57 Å². The first kappa shape index (κ1) is 30.4. The van der Waals surface area contributed by atoms with E-state index in [1.165, 1.54) is 28.0 Å². The number of halogens is 1. The fourth-order valence-corrected chi connectivity index (χ4v) is 6.69. The van der Waals surface area contributed by atoms with Gasteiger partial charge in [0.25, 0.3) is 5.56 Å². The van der Waals surface area contributed by atoms with E-state index in [4.69, 9.17) is 25.7 Å². The van der Waals surface area contributed by atoms with Crippen LogP contribution in [0.25, 0.3) is 23.1 Å². The Hall–Kier alpha value is -4.64. The van der Waals surface area contributed by atoms with E-state index in [-0.39, 0.29) is 28.3 Å². The standard InChI is InChI=1S/C34H25ClN2O6S2/c1-3-42-33(41)28-29(19-7-5-4-6-8-19)36-34-37(30(28)20-9-13-23(44-2)14-10-20)31(38)27(45-34)18-22-12-16-26(43-22)21-11-15-25(35)24(17-21)32(39)40/h4-18,30H,3H2,1-2H3,(H,39,40)/b27-18-/t30-/m0/s1. The van der Waals surface area contributed by atoms with E-state index in [0.717, 1.165) is 16.0 Å². The molecule has 5 aromatic rings. The van der Waals surface area contributed by atoms with Gasteiger partial charge in [-0.15, -0.1) is 11.8 Å². The van der Waals surface area contributed by atoms with E-state index < -0.39 is 18.0 Å². The van der Waals surface area contributed by atoms with Gasteiger partial charge in [0.05, 0.1) is 39.0 Å². The van der Waals surface area contributed by atoms with Gasteiger partial charge in [0.1, 0.15) is 11.5 Å². The number of furan rings is 1. The quantitative estimate of drug-likeness (QED) is 0.155. The molecule has 11 heteroatoms. The summed E-state index contributed by atoms with van der Waals surface area (Å²) in [7, 11) is 0.